The van der Waals surface area contributed by atoms with E-state index in [0.717, 1.165) is 11.4 Å². The smallest absolute Gasteiger partial charge is 0.241 e. The first-order chi connectivity index (χ1) is 10.3. The number of hydrogen-bond acceptors (Lipinski definition) is 5. The van der Waals surface area contributed by atoms with Gasteiger partial charge < -0.3 is 10.6 Å². The quantitative estimate of drug-likeness (QED) is 0.560. The van der Waals surface area contributed by atoms with Crippen LogP contribution in [0.4, 0.5) is 0 Å². The molecule has 0 fully saturated rings. The van der Waals surface area contributed by atoms with Crippen molar-refractivity contribution in [3.8, 4) is 0 Å². The Bertz CT molecular complexity index is 558. The number of hydrogen-bond donors (Lipinski definition) is 2. The van der Waals surface area contributed by atoms with Crippen LogP contribution in [0, 0.1) is 0 Å². The molecule has 6 nitrogen and oxygen atoms in total. The molecule has 0 saturated carbocycles. The molecule has 21 heavy (non-hydrogen) atoms. The molecule has 0 spiro atoms. The van der Waals surface area contributed by atoms with E-state index in [-0.39, 0.29) is 12.5 Å². The molecule has 0 atom stereocenters. The molecular weight excluding hydrogens is 286 g/mol. The second-order valence-corrected chi connectivity index (χ2v) is 5.62. The Balaban J connectivity index is 1.65. The second kappa shape index (κ2) is 8.43. The number of carbonyl (C=O) groups excluding carboxylic acids is 1. The van der Waals surface area contributed by atoms with E-state index in [1.807, 2.05) is 25.2 Å². The molecule has 0 aliphatic carbocycles. The highest BCUT2D eigenvalue weighted by atomic mass is 32.2. The van der Waals surface area contributed by atoms with E-state index in [2.05, 4.69) is 33.1 Å². The van der Waals surface area contributed by atoms with E-state index in [9.17, 15) is 4.79 Å². The van der Waals surface area contributed by atoms with E-state index in [1.54, 1.807) is 22.6 Å². The summed E-state index contributed by atoms with van der Waals surface area (Å²) >= 11 is 1.72. The Morgan fingerprint density at radius 2 is 2.14 bits per heavy atom. The molecule has 0 radical (unpaired) electrons. The van der Waals surface area contributed by atoms with Crippen molar-refractivity contribution in [1.82, 2.24) is 25.6 Å². The van der Waals surface area contributed by atoms with Crippen LogP contribution in [0.15, 0.2) is 41.4 Å². The summed E-state index contributed by atoms with van der Waals surface area (Å²) in [6, 6.07) is 10.1. The minimum Gasteiger partial charge on any atom is -0.354 e. The summed E-state index contributed by atoms with van der Waals surface area (Å²) in [5, 5.41) is 13.7. The van der Waals surface area contributed by atoms with Crippen LogP contribution < -0.4 is 10.6 Å². The fourth-order valence-electron chi connectivity index (χ4n) is 1.76. The van der Waals surface area contributed by atoms with Crippen LogP contribution in [0.3, 0.4) is 0 Å². The standard InChI is InChI=1S/C14H19N5OS/c1-15-9-12-10-19(18-17-12)11-14(20)16-7-8-21-13-5-3-2-4-6-13/h2-6,10,15H,7-9,11H2,1H3,(H,16,20). The molecule has 1 aromatic heterocycles. The van der Waals surface area contributed by atoms with Gasteiger partial charge in [-0.25, -0.2) is 4.68 Å². The van der Waals surface area contributed by atoms with Gasteiger partial charge in [0.25, 0.3) is 0 Å². The minimum absolute atomic E-state index is 0.0513. The summed E-state index contributed by atoms with van der Waals surface area (Å²) < 4.78 is 1.55. The van der Waals surface area contributed by atoms with Gasteiger partial charge in [0.15, 0.2) is 0 Å². The zero-order valence-electron chi connectivity index (χ0n) is 12.0. The number of aromatic nitrogens is 3. The summed E-state index contributed by atoms with van der Waals surface area (Å²) in [5.74, 6) is 0.794. The third kappa shape index (κ3) is 5.57. The van der Waals surface area contributed by atoms with Gasteiger partial charge in [-0.3, -0.25) is 4.79 Å². The molecule has 2 aromatic rings. The maximum Gasteiger partial charge on any atom is 0.241 e. The van der Waals surface area contributed by atoms with Gasteiger partial charge in [0.2, 0.25) is 5.91 Å². The number of benzene rings is 1. The van der Waals surface area contributed by atoms with Crippen LogP contribution in [-0.2, 0) is 17.9 Å². The maximum absolute atomic E-state index is 11.8. The Morgan fingerprint density at radius 1 is 1.33 bits per heavy atom. The Labute approximate surface area is 128 Å². The van der Waals surface area contributed by atoms with Crippen molar-refractivity contribution in [2.45, 2.75) is 18.0 Å². The predicted molar refractivity (Wildman–Crippen MR) is 83.0 cm³/mol. The molecule has 0 bridgehead atoms. The fourth-order valence-corrected chi connectivity index (χ4v) is 2.55. The molecule has 2 rings (SSSR count). The van der Waals surface area contributed by atoms with E-state index in [4.69, 9.17) is 0 Å². The van der Waals surface area contributed by atoms with Crippen LogP contribution >= 0.6 is 11.8 Å². The molecule has 112 valence electrons. The van der Waals surface area contributed by atoms with Crippen LogP contribution in [0.25, 0.3) is 0 Å². The lowest BCUT2D eigenvalue weighted by atomic mass is 10.4. The third-order valence-electron chi connectivity index (χ3n) is 2.69. The number of thioether (sulfide) groups is 1. The average molecular weight is 305 g/mol. The molecule has 1 amide bonds. The van der Waals surface area contributed by atoms with Crippen LogP contribution in [-0.4, -0.2) is 40.2 Å². The lowest BCUT2D eigenvalue weighted by Gasteiger charge is -2.05. The average Bonchev–Trinajstić information content (AvgIpc) is 2.92. The Morgan fingerprint density at radius 3 is 2.90 bits per heavy atom. The number of nitrogens with one attached hydrogen (secondary N) is 2. The molecule has 0 aliphatic rings. The van der Waals surface area contributed by atoms with Crippen molar-refractivity contribution in [2.75, 3.05) is 19.3 Å². The van der Waals surface area contributed by atoms with E-state index in [0.29, 0.717) is 13.1 Å². The molecule has 7 heteroatoms. The fraction of sp³-hybridized carbons (Fsp3) is 0.357. The first-order valence-electron chi connectivity index (χ1n) is 6.76. The predicted octanol–water partition coefficient (Wildman–Crippen LogP) is 0.906. The third-order valence-corrected chi connectivity index (χ3v) is 3.70. The minimum atomic E-state index is -0.0513. The lowest BCUT2D eigenvalue weighted by Crippen LogP contribution is -2.29. The first-order valence-corrected chi connectivity index (χ1v) is 7.74. The van der Waals surface area contributed by atoms with Crippen LogP contribution in [0.2, 0.25) is 0 Å². The molecule has 0 saturated heterocycles. The number of carbonyl (C=O) groups is 1. The van der Waals surface area contributed by atoms with Gasteiger partial charge in [0.1, 0.15) is 6.54 Å². The Hall–Kier alpha value is -1.86. The van der Waals surface area contributed by atoms with Gasteiger partial charge in [-0.2, -0.15) is 0 Å². The first kappa shape index (κ1) is 15.5. The van der Waals surface area contributed by atoms with Gasteiger partial charge >= 0.3 is 0 Å². The topological polar surface area (TPSA) is 71.8 Å². The summed E-state index contributed by atoms with van der Waals surface area (Å²) in [7, 11) is 1.84. The summed E-state index contributed by atoms with van der Waals surface area (Å²) in [5.41, 5.74) is 0.824. The van der Waals surface area contributed by atoms with Crippen LogP contribution in [0.5, 0.6) is 0 Å². The van der Waals surface area contributed by atoms with Gasteiger partial charge in [-0.1, -0.05) is 23.4 Å². The summed E-state index contributed by atoms with van der Waals surface area (Å²) in [6.45, 7) is 1.48. The SMILES string of the molecule is CNCc1cn(CC(=O)NCCSc2ccccc2)nn1. The van der Waals surface area contributed by atoms with Gasteiger partial charge in [0.05, 0.1) is 11.9 Å². The molecular formula is C14H19N5OS. The van der Waals surface area contributed by atoms with Gasteiger partial charge in [-0.05, 0) is 19.2 Å². The van der Waals surface area contributed by atoms with Crippen molar-refractivity contribution in [1.29, 1.82) is 0 Å². The second-order valence-electron chi connectivity index (χ2n) is 4.45. The normalized spacial score (nSPS) is 10.5. The number of nitrogens with zero attached hydrogens (tertiary/aromatic N) is 3. The molecule has 0 unspecified atom stereocenters. The van der Waals surface area contributed by atoms with Crippen molar-refractivity contribution < 1.29 is 4.79 Å². The highest BCUT2D eigenvalue weighted by Gasteiger charge is 2.05. The number of amides is 1. The zero-order valence-corrected chi connectivity index (χ0v) is 12.8. The molecule has 2 N–H and O–H groups in total. The zero-order chi connectivity index (χ0) is 14.9. The van der Waals surface area contributed by atoms with Crippen molar-refractivity contribution >= 4 is 17.7 Å². The van der Waals surface area contributed by atoms with Crippen molar-refractivity contribution in [2.24, 2.45) is 0 Å². The van der Waals surface area contributed by atoms with Gasteiger partial charge in [0, 0.05) is 23.7 Å². The monoisotopic (exact) mass is 305 g/mol. The lowest BCUT2D eigenvalue weighted by molar-refractivity contribution is -0.121. The highest BCUT2D eigenvalue weighted by molar-refractivity contribution is 7.99. The molecule has 0 aliphatic heterocycles. The largest absolute Gasteiger partial charge is 0.354 e. The van der Waals surface area contributed by atoms with E-state index >= 15 is 0 Å². The summed E-state index contributed by atoms with van der Waals surface area (Å²) in [4.78, 5) is 13.0. The summed E-state index contributed by atoms with van der Waals surface area (Å²) in [6.07, 6.45) is 1.77. The Kier molecular flexibility index (Phi) is 6.23. The number of rotatable bonds is 8. The van der Waals surface area contributed by atoms with Crippen molar-refractivity contribution in [3.05, 3.63) is 42.2 Å². The van der Waals surface area contributed by atoms with Crippen molar-refractivity contribution in [3.63, 3.8) is 0 Å². The van der Waals surface area contributed by atoms with Gasteiger partial charge in [-0.15, -0.1) is 16.9 Å². The van der Waals surface area contributed by atoms with Crippen LogP contribution in [0.1, 0.15) is 5.69 Å². The molecule has 1 aromatic carbocycles. The van der Waals surface area contributed by atoms with E-state index in [1.165, 1.54) is 4.90 Å². The highest BCUT2D eigenvalue weighted by Crippen LogP contribution is 2.15. The maximum atomic E-state index is 11.8. The molecule has 1 heterocycles. The van der Waals surface area contributed by atoms with E-state index < -0.39 is 0 Å².